The van der Waals surface area contributed by atoms with Gasteiger partial charge in [0.2, 0.25) is 0 Å². The topological polar surface area (TPSA) is 65.2 Å². The maximum Gasteiger partial charge on any atom is 0.306 e. The lowest BCUT2D eigenvalue weighted by atomic mass is 10.3. The van der Waals surface area contributed by atoms with Crippen LogP contribution in [0.4, 0.5) is 5.13 Å². The number of esters is 1. The first-order chi connectivity index (χ1) is 7.02. The molecule has 0 aliphatic heterocycles. The Morgan fingerprint density at radius 2 is 2.40 bits per heavy atom. The van der Waals surface area contributed by atoms with Crippen LogP contribution in [0.15, 0.2) is 4.21 Å². The van der Waals surface area contributed by atoms with Gasteiger partial charge in [0.15, 0.2) is 5.13 Å². The number of thioether (sulfide) groups is 1. The van der Waals surface area contributed by atoms with Crippen LogP contribution in [0.5, 0.6) is 0 Å². The number of aromatic nitrogens is 1. The lowest BCUT2D eigenvalue weighted by Crippen LogP contribution is -2.08. The van der Waals surface area contributed by atoms with Gasteiger partial charge in [0.1, 0.15) is 0 Å². The predicted octanol–water partition coefficient (Wildman–Crippen LogP) is 2.08. The highest BCUT2D eigenvalue weighted by molar-refractivity contribution is 8.01. The van der Waals surface area contributed by atoms with Crippen LogP contribution in [0.1, 0.15) is 19.0 Å². The molecule has 0 fully saturated rings. The number of rotatable bonds is 4. The molecule has 15 heavy (non-hydrogen) atoms. The van der Waals surface area contributed by atoms with Crippen molar-refractivity contribution in [3.05, 3.63) is 5.69 Å². The Hall–Kier alpha value is -0.750. The number of thiazole rings is 1. The fourth-order valence-corrected chi connectivity index (χ4v) is 3.36. The van der Waals surface area contributed by atoms with Gasteiger partial charge in [-0.15, -0.1) is 11.8 Å². The summed E-state index contributed by atoms with van der Waals surface area (Å²) in [6.07, 6.45) is 0.401. The Bertz CT molecular complexity index is 352. The molecule has 2 N–H and O–H groups in total. The number of carbonyl (C=O) groups excluding carboxylic acids is 1. The summed E-state index contributed by atoms with van der Waals surface area (Å²) in [5.41, 5.74) is 6.51. The molecule has 0 saturated carbocycles. The summed E-state index contributed by atoms with van der Waals surface area (Å²) in [7, 11) is 1.40. The monoisotopic (exact) mass is 246 g/mol. The minimum atomic E-state index is -0.190. The van der Waals surface area contributed by atoms with Crippen molar-refractivity contribution in [3.8, 4) is 0 Å². The zero-order chi connectivity index (χ0) is 11.4. The molecule has 84 valence electrons. The second-order valence-corrected chi connectivity index (χ2v) is 5.87. The van der Waals surface area contributed by atoms with Gasteiger partial charge in [0.05, 0.1) is 23.4 Å². The highest BCUT2D eigenvalue weighted by atomic mass is 32.2. The van der Waals surface area contributed by atoms with E-state index in [-0.39, 0.29) is 11.2 Å². The number of aryl methyl sites for hydroxylation is 1. The van der Waals surface area contributed by atoms with E-state index in [0.29, 0.717) is 11.6 Å². The van der Waals surface area contributed by atoms with E-state index in [1.165, 1.54) is 18.4 Å². The van der Waals surface area contributed by atoms with Crippen molar-refractivity contribution in [2.45, 2.75) is 29.7 Å². The third-order valence-electron chi connectivity index (χ3n) is 1.76. The SMILES string of the molecule is COC(=O)CC(C)Sc1sc(N)nc1C. The summed E-state index contributed by atoms with van der Waals surface area (Å²) in [5, 5.41) is 0.747. The van der Waals surface area contributed by atoms with E-state index in [1.54, 1.807) is 11.8 Å². The van der Waals surface area contributed by atoms with E-state index in [4.69, 9.17) is 5.73 Å². The van der Waals surface area contributed by atoms with Gasteiger partial charge in [-0.1, -0.05) is 18.3 Å². The van der Waals surface area contributed by atoms with Crippen molar-refractivity contribution in [1.82, 2.24) is 4.98 Å². The Labute approximate surface area is 97.2 Å². The Morgan fingerprint density at radius 1 is 1.73 bits per heavy atom. The molecule has 0 bridgehead atoms. The molecule has 1 rings (SSSR count). The van der Waals surface area contributed by atoms with Crippen molar-refractivity contribution >= 4 is 34.2 Å². The molecule has 0 saturated heterocycles. The summed E-state index contributed by atoms with van der Waals surface area (Å²) in [6.45, 7) is 3.90. The largest absolute Gasteiger partial charge is 0.469 e. The molecule has 0 radical (unpaired) electrons. The second kappa shape index (κ2) is 5.37. The van der Waals surface area contributed by atoms with E-state index >= 15 is 0 Å². The summed E-state index contributed by atoms with van der Waals surface area (Å²) >= 11 is 3.06. The minimum absolute atomic E-state index is 0.177. The molecular weight excluding hydrogens is 232 g/mol. The fourth-order valence-electron chi connectivity index (χ4n) is 1.05. The van der Waals surface area contributed by atoms with Crippen LogP contribution in [-0.2, 0) is 9.53 Å². The summed E-state index contributed by atoms with van der Waals surface area (Å²) < 4.78 is 5.68. The van der Waals surface area contributed by atoms with E-state index in [1.807, 2.05) is 13.8 Å². The van der Waals surface area contributed by atoms with Gasteiger partial charge in [-0.25, -0.2) is 4.98 Å². The summed E-state index contributed by atoms with van der Waals surface area (Å²) in [4.78, 5) is 15.2. The quantitative estimate of drug-likeness (QED) is 0.651. The number of nitrogens with two attached hydrogens (primary N) is 1. The molecule has 0 aromatic carbocycles. The number of carbonyl (C=O) groups is 1. The maximum absolute atomic E-state index is 11.0. The molecule has 4 nitrogen and oxygen atoms in total. The number of hydrogen-bond donors (Lipinski definition) is 1. The lowest BCUT2D eigenvalue weighted by Gasteiger charge is -2.07. The lowest BCUT2D eigenvalue weighted by molar-refractivity contribution is -0.140. The predicted molar refractivity (Wildman–Crippen MR) is 63.2 cm³/mol. The highest BCUT2D eigenvalue weighted by Gasteiger charge is 2.14. The normalized spacial score (nSPS) is 12.5. The van der Waals surface area contributed by atoms with Crippen molar-refractivity contribution < 1.29 is 9.53 Å². The van der Waals surface area contributed by atoms with E-state index in [0.717, 1.165) is 9.90 Å². The Balaban J connectivity index is 2.54. The van der Waals surface area contributed by atoms with Gasteiger partial charge in [-0.3, -0.25) is 4.79 Å². The third-order valence-corrected chi connectivity index (χ3v) is 4.16. The van der Waals surface area contributed by atoms with E-state index < -0.39 is 0 Å². The molecule has 1 aromatic rings. The Morgan fingerprint density at radius 3 is 2.87 bits per heavy atom. The molecule has 1 atom stereocenters. The fraction of sp³-hybridized carbons (Fsp3) is 0.556. The molecule has 0 amide bonds. The smallest absolute Gasteiger partial charge is 0.306 e. The van der Waals surface area contributed by atoms with Crippen LogP contribution in [0.25, 0.3) is 0 Å². The van der Waals surface area contributed by atoms with Crippen molar-refractivity contribution in [2.24, 2.45) is 0 Å². The molecule has 0 aliphatic rings. The average molecular weight is 246 g/mol. The summed E-state index contributed by atoms with van der Waals surface area (Å²) in [5.74, 6) is -0.190. The highest BCUT2D eigenvalue weighted by Crippen LogP contribution is 2.34. The third kappa shape index (κ3) is 3.71. The van der Waals surface area contributed by atoms with Gasteiger partial charge in [-0.2, -0.15) is 0 Å². The molecule has 0 spiro atoms. The van der Waals surface area contributed by atoms with Gasteiger partial charge >= 0.3 is 5.97 Å². The zero-order valence-electron chi connectivity index (χ0n) is 8.94. The summed E-state index contributed by atoms with van der Waals surface area (Å²) in [6, 6.07) is 0. The van der Waals surface area contributed by atoms with Crippen molar-refractivity contribution in [3.63, 3.8) is 0 Å². The van der Waals surface area contributed by atoms with Crippen LogP contribution in [0, 0.1) is 6.92 Å². The first-order valence-corrected chi connectivity index (χ1v) is 6.19. The van der Waals surface area contributed by atoms with Gasteiger partial charge in [-0.05, 0) is 6.92 Å². The van der Waals surface area contributed by atoms with Crippen molar-refractivity contribution in [1.29, 1.82) is 0 Å². The Kier molecular flexibility index (Phi) is 4.41. The van der Waals surface area contributed by atoms with Gasteiger partial charge in [0, 0.05) is 5.25 Å². The molecule has 6 heteroatoms. The number of nitrogens with zero attached hydrogens (tertiary/aromatic N) is 1. The first kappa shape index (κ1) is 12.3. The molecule has 0 aliphatic carbocycles. The number of hydrogen-bond acceptors (Lipinski definition) is 6. The minimum Gasteiger partial charge on any atom is -0.469 e. The van der Waals surface area contributed by atoms with Crippen LogP contribution in [0.2, 0.25) is 0 Å². The maximum atomic E-state index is 11.0. The molecule has 1 unspecified atom stereocenters. The zero-order valence-corrected chi connectivity index (χ0v) is 10.6. The van der Waals surface area contributed by atoms with Gasteiger partial charge < -0.3 is 10.5 Å². The first-order valence-electron chi connectivity index (χ1n) is 4.49. The van der Waals surface area contributed by atoms with Crippen LogP contribution < -0.4 is 5.73 Å². The van der Waals surface area contributed by atoms with E-state index in [9.17, 15) is 4.79 Å². The number of methoxy groups -OCH3 is 1. The standard InChI is InChI=1S/C9H14N2O2S2/c1-5(4-7(12)13-3)14-8-6(2)11-9(10)15-8/h5H,4H2,1-3H3,(H2,10,11). The molecular formula is C9H14N2O2S2. The number of anilines is 1. The average Bonchev–Trinajstić information content (AvgIpc) is 2.44. The van der Waals surface area contributed by atoms with Crippen LogP contribution in [0.3, 0.4) is 0 Å². The van der Waals surface area contributed by atoms with Crippen LogP contribution >= 0.6 is 23.1 Å². The molecule has 1 aromatic heterocycles. The van der Waals surface area contributed by atoms with Crippen molar-refractivity contribution in [2.75, 3.05) is 12.8 Å². The number of nitrogen functional groups attached to an aromatic ring is 1. The molecule has 1 heterocycles. The van der Waals surface area contributed by atoms with E-state index in [2.05, 4.69) is 9.72 Å². The van der Waals surface area contributed by atoms with Crippen LogP contribution in [-0.4, -0.2) is 23.3 Å². The van der Waals surface area contributed by atoms with Gasteiger partial charge in [0.25, 0.3) is 0 Å². The number of ether oxygens (including phenoxy) is 1. The second-order valence-electron chi connectivity index (χ2n) is 3.13.